The highest BCUT2D eigenvalue weighted by atomic mass is 35.5. The Morgan fingerprint density at radius 3 is 2.46 bits per heavy atom. The van der Waals surface area contributed by atoms with Crippen LogP contribution in [0.15, 0.2) is 57.7 Å². The fourth-order valence-corrected chi connectivity index (χ4v) is 2.23. The Bertz CT molecular complexity index is 950. The minimum absolute atomic E-state index is 0.263. The van der Waals surface area contributed by atoms with Gasteiger partial charge in [0.15, 0.2) is 0 Å². The van der Waals surface area contributed by atoms with Crippen molar-refractivity contribution >= 4 is 11.6 Å². The van der Waals surface area contributed by atoms with Gasteiger partial charge in [-0.05, 0) is 36.4 Å². The van der Waals surface area contributed by atoms with E-state index < -0.39 is 0 Å². The molecule has 8 heteroatoms. The first-order chi connectivity index (χ1) is 11.8. The molecule has 3 aromatic heterocycles. The molecule has 0 bridgehead atoms. The van der Waals surface area contributed by atoms with Crippen LogP contribution in [-0.4, -0.2) is 25.3 Å². The predicted molar refractivity (Wildman–Crippen MR) is 85.1 cm³/mol. The quantitative estimate of drug-likeness (QED) is 0.562. The number of halogens is 1. The van der Waals surface area contributed by atoms with E-state index in [9.17, 15) is 0 Å². The highest BCUT2D eigenvalue weighted by Gasteiger charge is 2.14. The molecule has 0 radical (unpaired) electrons. The lowest BCUT2D eigenvalue weighted by Gasteiger charge is -1.94. The molecule has 0 aliphatic heterocycles. The molecule has 0 amide bonds. The summed E-state index contributed by atoms with van der Waals surface area (Å²) in [6.07, 6.45) is 3.60. The van der Waals surface area contributed by atoms with Crippen molar-refractivity contribution in [1.29, 1.82) is 0 Å². The smallest absolute Gasteiger partial charge is 0.247 e. The van der Waals surface area contributed by atoms with Gasteiger partial charge in [0, 0.05) is 28.5 Å². The molecular formula is C16H10ClN5O2. The molecule has 0 atom stereocenters. The topological polar surface area (TPSA) is 90.7 Å². The Balaban J connectivity index is 1.52. The Labute approximate surface area is 141 Å². The minimum atomic E-state index is 0.263. The SMILES string of the molecule is Clc1ccc(-c2nnc(Cc3nc(-c4ccncc4)no3)o2)cc1. The standard InChI is InChI=1S/C16H10ClN5O2/c17-12-3-1-11(2-4-12)16-21-20-14(23-16)9-13-19-15(22-24-13)10-5-7-18-8-6-10/h1-8H,9H2. The van der Waals surface area contributed by atoms with Crippen LogP contribution in [0.5, 0.6) is 0 Å². The maximum Gasteiger partial charge on any atom is 0.247 e. The van der Waals surface area contributed by atoms with Crippen LogP contribution in [0.3, 0.4) is 0 Å². The van der Waals surface area contributed by atoms with Gasteiger partial charge in [-0.1, -0.05) is 16.8 Å². The summed E-state index contributed by atoms with van der Waals surface area (Å²) in [5.74, 6) is 1.69. The lowest BCUT2D eigenvalue weighted by molar-refractivity contribution is 0.374. The van der Waals surface area contributed by atoms with E-state index >= 15 is 0 Å². The predicted octanol–water partition coefficient (Wildman–Crippen LogP) is 3.43. The monoisotopic (exact) mass is 339 g/mol. The fraction of sp³-hybridized carbons (Fsp3) is 0.0625. The Morgan fingerprint density at radius 1 is 0.875 bits per heavy atom. The van der Waals surface area contributed by atoms with Gasteiger partial charge in [-0.2, -0.15) is 4.98 Å². The van der Waals surface area contributed by atoms with Gasteiger partial charge >= 0.3 is 0 Å². The fourth-order valence-electron chi connectivity index (χ4n) is 2.11. The molecule has 4 aromatic rings. The van der Waals surface area contributed by atoms with E-state index in [-0.39, 0.29) is 6.42 Å². The van der Waals surface area contributed by atoms with E-state index in [4.69, 9.17) is 20.5 Å². The van der Waals surface area contributed by atoms with Gasteiger partial charge in [0.05, 0.1) is 0 Å². The third-order valence-corrected chi connectivity index (χ3v) is 3.52. The summed E-state index contributed by atoms with van der Waals surface area (Å²) in [5, 5.41) is 12.6. The van der Waals surface area contributed by atoms with Crippen molar-refractivity contribution in [1.82, 2.24) is 25.3 Å². The van der Waals surface area contributed by atoms with Crippen molar-refractivity contribution in [3.63, 3.8) is 0 Å². The molecular weight excluding hydrogens is 330 g/mol. The molecule has 0 aliphatic rings. The van der Waals surface area contributed by atoms with Gasteiger partial charge < -0.3 is 8.94 Å². The number of hydrogen-bond acceptors (Lipinski definition) is 7. The molecule has 4 rings (SSSR count). The van der Waals surface area contributed by atoms with Gasteiger partial charge in [-0.25, -0.2) is 0 Å². The first kappa shape index (κ1) is 14.5. The number of benzene rings is 1. The van der Waals surface area contributed by atoms with Gasteiger partial charge in [-0.3, -0.25) is 4.98 Å². The molecule has 0 spiro atoms. The summed E-state index contributed by atoms with van der Waals surface area (Å²) < 4.78 is 10.9. The van der Waals surface area contributed by atoms with Crippen LogP contribution in [0, 0.1) is 0 Å². The average Bonchev–Trinajstić information content (AvgIpc) is 3.27. The Hall–Kier alpha value is -3.06. The Morgan fingerprint density at radius 2 is 1.67 bits per heavy atom. The van der Waals surface area contributed by atoms with Gasteiger partial charge in [0.2, 0.25) is 23.5 Å². The first-order valence-electron chi connectivity index (χ1n) is 7.09. The average molecular weight is 340 g/mol. The van der Waals surface area contributed by atoms with Crippen molar-refractivity contribution in [3.05, 3.63) is 65.6 Å². The maximum atomic E-state index is 5.87. The minimum Gasteiger partial charge on any atom is -0.420 e. The molecule has 7 nitrogen and oxygen atoms in total. The van der Waals surface area contributed by atoms with Crippen LogP contribution in [-0.2, 0) is 6.42 Å². The van der Waals surface area contributed by atoms with Crippen LogP contribution in [0.4, 0.5) is 0 Å². The molecule has 118 valence electrons. The van der Waals surface area contributed by atoms with Gasteiger partial charge in [0.25, 0.3) is 0 Å². The van der Waals surface area contributed by atoms with Gasteiger partial charge in [0.1, 0.15) is 6.42 Å². The molecule has 0 saturated heterocycles. The zero-order valence-corrected chi connectivity index (χ0v) is 13.0. The first-order valence-corrected chi connectivity index (χ1v) is 7.47. The molecule has 0 aliphatic carbocycles. The second-order valence-electron chi connectivity index (χ2n) is 4.93. The van der Waals surface area contributed by atoms with Crippen molar-refractivity contribution in [3.8, 4) is 22.8 Å². The van der Waals surface area contributed by atoms with E-state index in [0.717, 1.165) is 11.1 Å². The van der Waals surface area contributed by atoms with Gasteiger partial charge in [-0.15, -0.1) is 10.2 Å². The number of hydrogen-bond donors (Lipinski definition) is 0. The van der Waals surface area contributed by atoms with E-state index in [1.807, 2.05) is 12.1 Å². The van der Waals surface area contributed by atoms with E-state index in [1.54, 1.807) is 36.7 Å². The third-order valence-electron chi connectivity index (χ3n) is 3.27. The summed E-state index contributed by atoms with van der Waals surface area (Å²) in [4.78, 5) is 8.27. The van der Waals surface area contributed by atoms with Crippen LogP contribution in [0.2, 0.25) is 5.02 Å². The summed E-state index contributed by atoms with van der Waals surface area (Å²) in [6, 6.07) is 10.8. The Kier molecular flexibility index (Phi) is 3.76. The lowest BCUT2D eigenvalue weighted by atomic mass is 10.2. The van der Waals surface area contributed by atoms with E-state index in [1.165, 1.54) is 0 Å². The summed E-state index contributed by atoms with van der Waals surface area (Å²) >= 11 is 5.87. The maximum absolute atomic E-state index is 5.87. The zero-order valence-electron chi connectivity index (χ0n) is 12.3. The van der Waals surface area contributed by atoms with Crippen molar-refractivity contribution in [2.75, 3.05) is 0 Å². The summed E-state index contributed by atoms with van der Waals surface area (Å²) in [5.41, 5.74) is 1.62. The van der Waals surface area contributed by atoms with Crippen LogP contribution in [0.1, 0.15) is 11.8 Å². The van der Waals surface area contributed by atoms with Crippen LogP contribution >= 0.6 is 11.6 Å². The summed E-state index contributed by atoms with van der Waals surface area (Å²) in [7, 11) is 0. The molecule has 0 fully saturated rings. The second-order valence-corrected chi connectivity index (χ2v) is 5.37. The molecule has 0 saturated carbocycles. The normalized spacial score (nSPS) is 10.9. The van der Waals surface area contributed by atoms with Crippen LogP contribution < -0.4 is 0 Å². The third kappa shape index (κ3) is 3.02. The van der Waals surface area contributed by atoms with Crippen molar-refractivity contribution in [2.45, 2.75) is 6.42 Å². The van der Waals surface area contributed by atoms with Crippen LogP contribution in [0.25, 0.3) is 22.8 Å². The molecule has 0 unspecified atom stereocenters. The molecule has 0 N–H and O–H groups in total. The number of rotatable bonds is 4. The van der Waals surface area contributed by atoms with E-state index in [2.05, 4.69) is 25.3 Å². The number of aromatic nitrogens is 5. The molecule has 1 aromatic carbocycles. The summed E-state index contributed by atoms with van der Waals surface area (Å²) in [6.45, 7) is 0. The highest BCUT2D eigenvalue weighted by molar-refractivity contribution is 6.30. The van der Waals surface area contributed by atoms with Crippen molar-refractivity contribution < 1.29 is 8.94 Å². The largest absolute Gasteiger partial charge is 0.420 e. The number of nitrogens with zero attached hydrogens (tertiary/aromatic N) is 5. The molecule has 24 heavy (non-hydrogen) atoms. The molecule has 3 heterocycles. The second kappa shape index (κ2) is 6.21. The zero-order chi connectivity index (χ0) is 16.4. The van der Waals surface area contributed by atoms with Crippen molar-refractivity contribution in [2.24, 2.45) is 0 Å². The van der Waals surface area contributed by atoms with E-state index in [0.29, 0.717) is 28.5 Å². The lowest BCUT2D eigenvalue weighted by Crippen LogP contribution is -1.89. The number of pyridine rings is 1. The highest BCUT2D eigenvalue weighted by Crippen LogP contribution is 2.21.